The highest BCUT2D eigenvalue weighted by molar-refractivity contribution is 5.61. The molecule has 1 aromatic heterocycles. The lowest BCUT2D eigenvalue weighted by Crippen LogP contribution is -2.10. The van der Waals surface area contributed by atoms with Gasteiger partial charge in [-0.2, -0.15) is 0 Å². The van der Waals surface area contributed by atoms with Gasteiger partial charge >= 0.3 is 0 Å². The standard InChI is InChI=1S/C14H15N3O/c15-14-16-12(8-13(18)17-14)11-6-5-9-3-1-2-4-10(9)7-11/h5-8H,1-4H2,(H3,15,16,17,18). The number of hydrogen-bond acceptors (Lipinski definition) is 3. The van der Waals surface area contributed by atoms with Crippen LogP contribution in [0.2, 0.25) is 0 Å². The average molecular weight is 241 g/mol. The first kappa shape index (κ1) is 11.0. The van der Waals surface area contributed by atoms with Gasteiger partial charge in [0.25, 0.3) is 5.56 Å². The Kier molecular flexibility index (Phi) is 2.63. The lowest BCUT2D eigenvalue weighted by molar-refractivity contribution is 0.686. The molecule has 0 saturated heterocycles. The number of nitrogen functional groups attached to an aromatic ring is 1. The molecule has 4 heteroatoms. The Morgan fingerprint density at radius 1 is 1.11 bits per heavy atom. The molecule has 0 unspecified atom stereocenters. The molecule has 1 heterocycles. The molecule has 1 aliphatic rings. The van der Waals surface area contributed by atoms with Crippen LogP contribution in [0.1, 0.15) is 24.0 Å². The van der Waals surface area contributed by atoms with E-state index in [1.54, 1.807) is 0 Å². The molecule has 0 saturated carbocycles. The van der Waals surface area contributed by atoms with E-state index < -0.39 is 0 Å². The first-order valence-corrected chi connectivity index (χ1v) is 6.21. The van der Waals surface area contributed by atoms with Crippen molar-refractivity contribution in [1.82, 2.24) is 9.97 Å². The van der Waals surface area contributed by atoms with Crippen molar-refractivity contribution >= 4 is 5.95 Å². The number of aromatic amines is 1. The molecule has 0 atom stereocenters. The van der Waals surface area contributed by atoms with E-state index in [0.717, 1.165) is 18.4 Å². The van der Waals surface area contributed by atoms with Gasteiger partial charge in [0.2, 0.25) is 5.95 Å². The van der Waals surface area contributed by atoms with Crippen molar-refractivity contribution in [3.8, 4) is 11.3 Å². The summed E-state index contributed by atoms with van der Waals surface area (Å²) in [6, 6.07) is 7.78. The Hall–Kier alpha value is -2.10. The second kappa shape index (κ2) is 4.29. The SMILES string of the molecule is Nc1nc(-c2ccc3c(c2)CCCC3)cc(=O)[nH]1. The fraction of sp³-hybridized carbons (Fsp3) is 0.286. The molecule has 1 aliphatic carbocycles. The number of H-pyrrole nitrogens is 1. The van der Waals surface area contributed by atoms with Crippen LogP contribution in [-0.4, -0.2) is 9.97 Å². The number of anilines is 1. The van der Waals surface area contributed by atoms with E-state index in [1.165, 1.54) is 30.0 Å². The van der Waals surface area contributed by atoms with E-state index >= 15 is 0 Å². The Morgan fingerprint density at radius 2 is 1.89 bits per heavy atom. The van der Waals surface area contributed by atoms with Crippen LogP contribution in [0, 0.1) is 0 Å². The van der Waals surface area contributed by atoms with Crippen molar-refractivity contribution < 1.29 is 0 Å². The summed E-state index contributed by atoms with van der Waals surface area (Å²) >= 11 is 0. The first-order chi connectivity index (χ1) is 8.72. The Labute approximate surface area is 105 Å². The zero-order valence-corrected chi connectivity index (χ0v) is 10.1. The Bertz CT molecular complexity index is 646. The number of rotatable bonds is 1. The van der Waals surface area contributed by atoms with Crippen LogP contribution < -0.4 is 11.3 Å². The molecule has 0 radical (unpaired) electrons. The van der Waals surface area contributed by atoms with Gasteiger partial charge < -0.3 is 5.73 Å². The van der Waals surface area contributed by atoms with Crippen LogP contribution in [0.15, 0.2) is 29.1 Å². The van der Waals surface area contributed by atoms with Gasteiger partial charge in [-0.05, 0) is 42.9 Å². The number of nitrogens with zero attached hydrogens (tertiary/aromatic N) is 1. The zero-order valence-electron chi connectivity index (χ0n) is 10.1. The van der Waals surface area contributed by atoms with Crippen molar-refractivity contribution in [1.29, 1.82) is 0 Å². The molecule has 4 nitrogen and oxygen atoms in total. The van der Waals surface area contributed by atoms with Crippen molar-refractivity contribution in [2.45, 2.75) is 25.7 Å². The molecule has 2 aromatic rings. The van der Waals surface area contributed by atoms with E-state index in [0.29, 0.717) is 5.69 Å². The summed E-state index contributed by atoms with van der Waals surface area (Å²) < 4.78 is 0. The van der Waals surface area contributed by atoms with E-state index in [4.69, 9.17) is 5.73 Å². The highest BCUT2D eigenvalue weighted by Gasteiger charge is 2.11. The quantitative estimate of drug-likeness (QED) is 0.801. The summed E-state index contributed by atoms with van der Waals surface area (Å²) in [5.74, 6) is 0.162. The molecular weight excluding hydrogens is 226 g/mol. The third kappa shape index (κ3) is 2.01. The van der Waals surface area contributed by atoms with Crippen LogP contribution in [0.3, 0.4) is 0 Å². The minimum absolute atomic E-state index is 0.162. The lowest BCUT2D eigenvalue weighted by atomic mass is 9.90. The first-order valence-electron chi connectivity index (χ1n) is 6.21. The lowest BCUT2D eigenvalue weighted by Gasteiger charge is -2.16. The van der Waals surface area contributed by atoms with Crippen LogP contribution in [-0.2, 0) is 12.8 Å². The molecule has 0 amide bonds. The van der Waals surface area contributed by atoms with Gasteiger partial charge in [0.1, 0.15) is 0 Å². The van der Waals surface area contributed by atoms with E-state index in [-0.39, 0.29) is 11.5 Å². The van der Waals surface area contributed by atoms with Gasteiger partial charge in [-0.15, -0.1) is 0 Å². The maximum Gasteiger partial charge on any atom is 0.252 e. The van der Waals surface area contributed by atoms with Gasteiger partial charge in [-0.25, -0.2) is 4.98 Å². The van der Waals surface area contributed by atoms with E-state index in [2.05, 4.69) is 22.1 Å². The number of hydrogen-bond donors (Lipinski definition) is 2. The molecule has 0 fully saturated rings. The number of nitrogens with one attached hydrogen (secondary N) is 1. The van der Waals surface area contributed by atoms with Crippen molar-refractivity contribution in [2.75, 3.05) is 5.73 Å². The van der Waals surface area contributed by atoms with Crippen LogP contribution in [0.4, 0.5) is 5.95 Å². The van der Waals surface area contributed by atoms with Gasteiger partial charge in [0.15, 0.2) is 0 Å². The monoisotopic (exact) mass is 241 g/mol. The molecule has 3 N–H and O–H groups in total. The van der Waals surface area contributed by atoms with Gasteiger partial charge in [-0.3, -0.25) is 9.78 Å². The minimum atomic E-state index is -0.213. The van der Waals surface area contributed by atoms with E-state index in [1.807, 2.05) is 6.07 Å². The summed E-state index contributed by atoms with van der Waals surface area (Å²) in [6.45, 7) is 0. The highest BCUT2D eigenvalue weighted by atomic mass is 16.1. The summed E-state index contributed by atoms with van der Waals surface area (Å²) in [4.78, 5) is 18.0. The molecule has 0 aliphatic heterocycles. The smallest absolute Gasteiger partial charge is 0.252 e. The fourth-order valence-corrected chi connectivity index (χ4v) is 2.52. The van der Waals surface area contributed by atoms with Gasteiger partial charge in [0, 0.05) is 11.6 Å². The summed E-state index contributed by atoms with van der Waals surface area (Å²) in [6.07, 6.45) is 4.77. The molecule has 0 bridgehead atoms. The highest BCUT2D eigenvalue weighted by Crippen LogP contribution is 2.26. The van der Waals surface area contributed by atoms with Crippen molar-refractivity contribution in [3.05, 3.63) is 45.7 Å². The maximum atomic E-state index is 11.4. The molecule has 1 aromatic carbocycles. The second-order valence-corrected chi connectivity index (χ2v) is 4.71. The fourth-order valence-electron chi connectivity index (χ4n) is 2.52. The predicted molar refractivity (Wildman–Crippen MR) is 71.3 cm³/mol. The third-order valence-electron chi connectivity index (χ3n) is 3.40. The number of nitrogens with two attached hydrogens (primary N) is 1. The molecular formula is C14H15N3O. The van der Waals surface area contributed by atoms with Crippen LogP contribution >= 0.6 is 0 Å². The maximum absolute atomic E-state index is 11.4. The molecule has 18 heavy (non-hydrogen) atoms. The van der Waals surface area contributed by atoms with Gasteiger partial charge in [-0.1, -0.05) is 12.1 Å². The topological polar surface area (TPSA) is 71.8 Å². The Balaban J connectivity index is 2.08. The minimum Gasteiger partial charge on any atom is -0.369 e. The normalized spacial score (nSPS) is 14.2. The number of benzene rings is 1. The predicted octanol–water partition coefficient (Wildman–Crippen LogP) is 1.90. The third-order valence-corrected chi connectivity index (χ3v) is 3.40. The van der Waals surface area contributed by atoms with Gasteiger partial charge in [0.05, 0.1) is 5.69 Å². The number of aryl methyl sites for hydroxylation is 2. The summed E-state index contributed by atoms with van der Waals surface area (Å²) in [5.41, 5.74) is 9.76. The Morgan fingerprint density at radius 3 is 2.67 bits per heavy atom. The number of fused-ring (bicyclic) bond motifs is 1. The summed E-state index contributed by atoms with van der Waals surface area (Å²) in [7, 11) is 0. The van der Waals surface area contributed by atoms with Crippen LogP contribution in [0.25, 0.3) is 11.3 Å². The molecule has 3 rings (SSSR count). The second-order valence-electron chi connectivity index (χ2n) is 4.71. The average Bonchev–Trinajstić information content (AvgIpc) is 2.37. The molecule has 0 spiro atoms. The van der Waals surface area contributed by atoms with Crippen molar-refractivity contribution in [2.24, 2.45) is 0 Å². The summed E-state index contributed by atoms with van der Waals surface area (Å²) in [5, 5.41) is 0. The van der Waals surface area contributed by atoms with Crippen molar-refractivity contribution in [3.63, 3.8) is 0 Å². The number of aromatic nitrogens is 2. The molecule has 92 valence electrons. The van der Waals surface area contributed by atoms with E-state index in [9.17, 15) is 4.79 Å². The zero-order chi connectivity index (χ0) is 12.5. The largest absolute Gasteiger partial charge is 0.369 e. The van der Waals surface area contributed by atoms with Crippen LogP contribution in [0.5, 0.6) is 0 Å².